The number of amides is 1. The van der Waals surface area contributed by atoms with Gasteiger partial charge in [0, 0.05) is 17.5 Å². The standard InChI is InChI=1S/C17H17N3O2/c1-22-16-9-5-3-7-14(16)10-18-17(21)12-20-15-8-4-2-6-13(15)11-19-20/h2-9,11H,10,12H2,1H3,(H,18,21). The minimum absolute atomic E-state index is 0.0836. The molecule has 112 valence electrons. The third-order valence-corrected chi connectivity index (χ3v) is 3.51. The Kier molecular flexibility index (Phi) is 4.05. The predicted octanol–water partition coefficient (Wildman–Crippen LogP) is 2.36. The molecule has 0 bridgehead atoms. The van der Waals surface area contributed by atoms with Gasteiger partial charge in [0.1, 0.15) is 12.3 Å². The average molecular weight is 295 g/mol. The Balaban J connectivity index is 1.65. The maximum absolute atomic E-state index is 12.1. The zero-order valence-electron chi connectivity index (χ0n) is 12.3. The number of rotatable bonds is 5. The lowest BCUT2D eigenvalue weighted by Crippen LogP contribution is -2.27. The number of benzene rings is 2. The van der Waals surface area contributed by atoms with Crippen LogP contribution in [0.15, 0.2) is 54.7 Å². The van der Waals surface area contributed by atoms with Crippen LogP contribution >= 0.6 is 0 Å². The van der Waals surface area contributed by atoms with Crippen molar-refractivity contribution in [2.45, 2.75) is 13.1 Å². The van der Waals surface area contributed by atoms with Crippen molar-refractivity contribution in [3.05, 3.63) is 60.3 Å². The van der Waals surface area contributed by atoms with Crippen molar-refractivity contribution in [1.82, 2.24) is 15.1 Å². The van der Waals surface area contributed by atoms with Crippen LogP contribution < -0.4 is 10.1 Å². The summed E-state index contributed by atoms with van der Waals surface area (Å²) in [5.41, 5.74) is 1.90. The van der Waals surface area contributed by atoms with Gasteiger partial charge in [0.25, 0.3) is 0 Å². The van der Waals surface area contributed by atoms with Crippen LogP contribution in [0.1, 0.15) is 5.56 Å². The van der Waals surface area contributed by atoms with Crippen LogP contribution in [0.5, 0.6) is 5.75 Å². The number of carbonyl (C=O) groups is 1. The number of fused-ring (bicyclic) bond motifs is 1. The molecule has 3 rings (SSSR count). The summed E-state index contributed by atoms with van der Waals surface area (Å²) < 4.78 is 6.97. The number of hydrogen-bond acceptors (Lipinski definition) is 3. The van der Waals surface area contributed by atoms with Crippen LogP contribution in [-0.4, -0.2) is 22.8 Å². The van der Waals surface area contributed by atoms with Crippen molar-refractivity contribution >= 4 is 16.8 Å². The zero-order chi connectivity index (χ0) is 15.4. The highest BCUT2D eigenvalue weighted by molar-refractivity contribution is 5.81. The summed E-state index contributed by atoms with van der Waals surface area (Å²) in [6.45, 7) is 0.630. The van der Waals surface area contributed by atoms with E-state index in [4.69, 9.17) is 4.74 Å². The Labute approximate surface area is 128 Å². The van der Waals surface area contributed by atoms with Gasteiger partial charge in [0.2, 0.25) is 5.91 Å². The van der Waals surface area contributed by atoms with E-state index >= 15 is 0 Å². The van der Waals surface area contributed by atoms with Gasteiger partial charge in [0.15, 0.2) is 0 Å². The molecule has 3 aromatic rings. The number of nitrogens with one attached hydrogen (secondary N) is 1. The predicted molar refractivity (Wildman–Crippen MR) is 84.6 cm³/mol. The molecular weight excluding hydrogens is 278 g/mol. The maximum atomic E-state index is 12.1. The van der Waals surface area contributed by atoms with E-state index in [1.54, 1.807) is 18.0 Å². The zero-order valence-corrected chi connectivity index (χ0v) is 12.3. The van der Waals surface area contributed by atoms with Crippen molar-refractivity contribution in [1.29, 1.82) is 0 Å². The van der Waals surface area contributed by atoms with E-state index in [0.29, 0.717) is 6.54 Å². The molecule has 1 N–H and O–H groups in total. The second-order valence-corrected chi connectivity index (χ2v) is 4.95. The highest BCUT2D eigenvalue weighted by Gasteiger charge is 2.08. The Morgan fingerprint density at radius 1 is 1.18 bits per heavy atom. The van der Waals surface area contributed by atoms with Gasteiger partial charge in [-0.25, -0.2) is 0 Å². The van der Waals surface area contributed by atoms with Crippen LogP contribution in [0, 0.1) is 0 Å². The lowest BCUT2D eigenvalue weighted by atomic mass is 10.2. The largest absolute Gasteiger partial charge is 0.496 e. The van der Waals surface area contributed by atoms with Gasteiger partial charge >= 0.3 is 0 Å². The molecule has 0 saturated carbocycles. The molecule has 0 aliphatic rings. The first kappa shape index (κ1) is 14.1. The number of hydrogen-bond donors (Lipinski definition) is 1. The summed E-state index contributed by atoms with van der Waals surface area (Å²) in [6.07, 6.45) is 1.77. The second-order valence-electron chi connectivity index (χ2n) is 4.95. The first-order valence-corrected chi connectivity index (χ1v) is 7.07. The summed E-state index contributed by atoms with van der Waals surface area (Å²) >= 11 is 0. The monoisotopic (exact) mass is 295 g/mol. The lowest BCUT2D eigenvalue weighted by molar-refractivity contribution is -0.121. The number of ether oxygens (including phenoxy) is 1. The van der Waals surface area contributed by atoms with Gasteiger partial charge in [-0.2, -0.15) is 5.10 Å². The van der Waals surface area contributed by atoms with E-state index in [1.165, 1.54) is 0 Å². The highest BCUT2D eigenvalue weighted by Crippen LogP contribution is 2.17. The van der Waals surface area contributed by atoms with Gasteiger partial charge in [-0.1, -0.05) is 36.4 Å². The molecule has 1 aromatic heterocycles. The fourth-order valence-electron chi connectivity index (χ4n) is 2.39. The molecule has 22 heavy (non-hydrogen) atoms. The van der Waals surface area contributed by atoms with Crippen molar-refractivity contribution in [2.24, 2.45) is 0 Å². The molecule has 0 aliphatic carbocycles. The summed E-state index contributed by atoms with van der Waals surface area (Å²) in [5, 5.41) is 8.18. The minimum Gasteiger partial charge on any atom is -0.496 e. The first-order valence-electron chi connectivity index (χ1n) is 7.07. The summed E-state index contributed by atoms with van der Waals surface area (Å²) in [5.74, 6) is 0.687. The van der Waals surface area contributed by atoms with E-state index in [0.717, 1.165) is 22.2 Å². The minimum atomic E-state index is -0.0836. The van der Waals surface area contributed by atoms with Crippen LogP contribution in [0.2, 0.25) is 0 Å². The fourth-order valence-corrected chi connectivity index (χ4v) is 2.39. The van der Waals surface area contributed by atoms with E-state index in [2.05, 4.69) is 10.4 Å². The van der Waals surface area contributed by atoms with Gasteiger partial charge in [-0.15, -0.1) is 0 Å². The Morgan fingerprint density at radius 3 is 2.82 bits per heavy atom. The SMILES string of the molecule is COc1ccccc1CNC(=O)Cn1ncc2ccccc21. The van der Waals surface area contributed by atoms with Crippen molar-refractivity contribution < 1.29 is 9.53 Å². The third-order valence-electron chi connectivity index (χ3n) is 3.51. The Bertz CT molecular complexity index is 795. The summed E-state index contributed by atoms with van der Waals surface area (Å²) in [7, 11) is 1.62. The maximum Gasteiger partial charge on any atom is 0.242 e. The molecular formula is C17H17N3O2. The van der Waals surface area contributed by atoms with Gasteiger partial charge < -0.3 is 10.1 Å². The number of para-hydroxylation sites is 2. The quantitative estimate of drug-likeness (QED) is 0.786. The molecule has 0 radical (unpaired) electrons. The van der Waals surface area contributed by atoms with Crippen LogP contribution in [0.25, 0.3) is 10.9 Å². The smallest absolute Gasteiger partial charge is 0.242 e. The van der Waals surface area contributed by atoms with Crippen molar-refractivity contribution in [2.75, 3.05) is 7.11 Å². The molecule has 0 unspecified atom stereocenters. The molecule has 2 aromatic carbocycles. The molecule has 0 aliphatic heterocycles. The molecule has 5 heteroatoms. The molecule has 0 spiro atoms. The molecule has 0 saturated heterocycles. The normalized spacial score (nSPS) is 10.6. The van der Waals surface area contributed by atoms with Crippen LogP contribution in [0.4, 0.5) is 0 Å². The molecule has 0 atom stereocenters. The number of nitrogens with zero attached hydrogens (tertiary/aromatic N) is 2. The Hall–Kier alpha value is -2.82. The van der Waals surface area contributed by atoms with Crippen LogP contribution in [-0.2, 0) is 17.9 Å². The second kappa shape index (κ2) is 6.30. The summed E-state index contributed by atoms with van der Waals surface area (Å²) in [4.78, 5) is 12.1. The van der Waals surface area contributed by atoms with E-state index < -0.39 is 0 Å². The third kappa shape index (κ3) is 2.93. The topological polar surface area (TPSA) is 56.1 Å². The number of methoxy groups -OCH3 is 1. The van der Waals surface area contributed by atoms with Gasteiger partial charge in [-0.3, -0.25) is 9.48 Å². The Morgan fingerprint density at radius 2 is 1.95 bits per heavy atom. The van der Waals surface area contributed by atoms with Crippen molar-refractivity contribution in [3.63, 3.8) is 0 Å². The number of carbonyl (C=O) groups excluding carboxylic acids is 1. The van der Waals surface area contributed by atoms with Gasteiger partial charge in [-0.05, 0) is 12.1 Å². The number of aromatic nitrogens is 2. The average Bonchev–Trinajstić information content (AvgIpc) is 2.96. The fraction of sp³-hybridized carbons (Fsp3) is 0.176. The highest BCUT2D eigenvalue weighted by atomic mass is 16.5. The van der Waals surface area contributed by atoms with E-state index in [1.807, 2.05) is 48.5 Å². The van der Waals surface area contributed by atoms with E-state index in [-0.39, 0.29) is 12.5 Å². The van der Waals surface area contributed by atoms with E-state index in [9.17, 15) is 4.79 Å². The molecule has 0 fully saturated rings. The first-order chi connectivity index (χ1) is 10.8. The lowest BCUT2D eigenvalue weighted by Gasteiger charge is -2.10. The molecule has 5 nitrogen and oxygen atoms in total. The van der Waals surface area contributed by atoms with Crippen molar-refractivity contribution in [3.8, 4) is 5.75 Å². The van der Waals surface area contributed by atoms with Gasteiger partial charge in [0.05, 0.1) is 18.8 Å². The van der Waals surface area contributed by atoms with Crippen LogP contribution in [0.3, 0.4) is 0 Å². The molecule has 1 amide bonds. The summed E-state index contributed by atoms with van der Waals surface area (Å²) in [6, 6.07) is 15.5. The molecule has 1 heterocycles.